The zero-order valence-corrected chi connectivity index (χ0v) is 10.2. The first-order chi connectivity index (χ1) is 8.29. The molecule has 0 radical (unpaired) electrons. The van der Waals surface area contributed by atoms with E-state index in [-0.39, 0.29) is 5.54 Å². The van der Waals surface area contributed by atoms with Gasteiger partial charge in [-0.2, -0.15) is 0 Å². The highest BCUT2D eigenvalue weighted by atomic mass is 14.9. The monoisotopic (exact) mass is 223 g/mol. The first kappa shape index (κ1) is 9.64. The summed E-state index contributed by atoms with van der Waals surface area (Å²) in [4.78, 5) is 5.06. The molecule has 4 aliphatic rings. The van der Waals surface area contributed by atoms with Gasteiger partial charge in [0.15, 0.2) is 0 Å². The molecule has 0 aromatic rings. The zero-order chi connectivity index (χ0) is 11.5. The fraction of sp³-hybridized carbons (Fsp3) is 0.438. The standard InChI is InChI=1S/C16H17N/c1-16-13-8-4-2-6-11(13)10-15(17-16)12-7-3-5-9-14(12)16/h3-5,7-9,12,14H,2,6,10H2,1H3. The molecule has 2 aliphatic carbocycles. The number of fused-ring (bicyclic) bond motifs is 5. The number of hydrogen-bond donors (Lipinski definition) is 0. The summed E-state index contributed by atoms with van der Waals surface area (Å²) in [6.07, 6.45) is 17.3. The zero-order valence-electron chi connectivity index (χ0n) is 10.2. The van der Waals surface area contributed by atoms with Crippen molar-refractivity contribution in [3.8, 4) is 0 Å². The molecule has 3 unspecified atom stereocenters. The predicted octanol–water partition coefficient (Wildman–Crippen LogP) is 3.61. The molecule has 4 rings (SSSR count). The molecule has 0 saturated heterocycles. The van der Waals surface area contributed by atoms with Crippen molar-refractivity contribution in [3.63, 3.8) is 0 Å². The topological polar surface area (TPSA) is 12.4 Å². The van der Waals surface area contributed by atoms with Crippen LogP contribution in [0.15, 0.2) is 52.6 Å². The van der Waals surface area contributed by atoms with Crippen LogP contribution in [0.3, 0.4) is 0 Å². The highest BCUT2D eigenvalue weighted by Crippen LogP contribution is 2.51. The minimum absolute atomic E-state index is 0.0196. The number of rotatable bonds is 0. The van der Waals surface area contributed by atoms with E-state index in [4.69, 9.17) is 4.99 Å². The Morgan fingerprint density at radius 3 is 3.12 bits per heavy atom. The van der Waals surface area contributed by atoms with Crippen molar-refractivity contribution in [1.82, 2.24) is 0 Å². The third-order valence-electron chi connectivity index (χ3n) is 4.76. The molecule has 0 N–H and O–H groups in total. The molecule has 0 fully saturated rings. The van der Waals surface area contributed by atoms with E-state index in [2.05, 4.69) is 43.4 Å². The Hall–Kier alpha value is -1.37. The molecular weight excluding hydrogens is 206 g/mol. The maximum Gasteiger partial charge on any atom is 0.0899 e. The molecule has 2 bridgehead atoms. The molecule has 0 spiro atoms. The quantitative estimate of drug-likeness (QED) is 0.595. The second-order valence-corrected chi connectivity index (χ2v) is 5.71. The smallest absolute Gasteiger partial charge is 0.0899 e. The molecule has 0 saturated carbocycles. The Morgan fingerprint density at radius 2 is 2.18 bits per heavy atom. The van der Waals surface area contributed by atoms with Crippen LogP contribution in [0, 0.1) is 11.8 Å². The Labute approximate surface area is 102 Å². The molecule has 17 heavy (non-hydrogen) atoms. The second kappa shape index (κ2) is 3.10. The summed E-state index contributed by atoms with van der Waals surface area (Å²) in [5, 5.41) is 0. The van der Waals surface area contributed by atoms with Crippen LogP contribution in [0.1, 0.15) is 26.2 Å². The van der Waals surface area contributed by atoms with Gasteiger partial charge in [-0.3, -0.25) is 4.99 Å². The molecular formula is C16H17N. The third-order valence-corrected chi connectivity index (χ3v) is 4.76. The van der Waals surface area contributed by atoms with Gasteiger partial charge >= 0.3 is 0 Å². The van der Waals surface area contributed by atoms with Crippen LogP contribution in [0.2, 0.25) is 0 Å². The van der Waals surface area contributed by atoms with Crippen molar-refractivity contribution in [2.45, 2.75) is 31.7 Å². The van der Waals surface area contributed by atoms with Gasteiger partial charge in [0.1, 0.15) is 0 Å². The third kappa shape index (κ3) is 1.12. The Bertz CT molecular complexity index is 530. The first-order valence-corrected chi connectivity index (χ1v) is 6.62. The van der Waals surface area contributed by atoms with Crippen molar-refractivity contribution < 1.29 is 0 Å². The number of aliphatic imine (C=N–C) groups is 1. The molecule has 3 atom stereocenters. The van der Waals surface area contributed by atoms with Crippen LogP contribution in [0.5, 0.6) is 0 Å². The van der Waals surface area contributed by atoms with Crippen molar-refractivity contribution >= 4 is 5.71 Å². The van der Waals surface area contributed by atoms with E-state index in [1.807, 2.05) is 0 Å². The molecule has 0 aromatic heterocycles. The summed E-state index contributed by atoms with van der Waals surface area (Å²) in [6.45, 7) is 2.32. The lowest BCUT2D eigenvalue weighted by Gasteiger charge is -2.34. The fourth-order valence-corrected chi connectivity index (χ4v) is 3.95. The minimum atomic E-state index is 0.0196. The van der Waals surface area contributed by atoms with Crippen LogP contribution in [-0.4, -0.2) is 11.3 Å². The first-order valence-electron chi connectivity index (χ1n) is 6.62. The van der Waals surface area contributed by atoms with Gasteiger partial charge in [-0.15, -0.1) is 0 Å². The van der Waals surface area contributed by atoms with E-state index >= 15 is 0 Å². The van der Waals surface area contributed by atoms with Gasteiger partial charge in [-0.1, -0.05) is 42.0 Å². The maximum atomic E-state index is 5.06. The summed E-state index contributed by atoms with van der Waals surface area (Å²) in [5.74, 6) is 1.11. The van der Waals surface area contributed by atoms with Crippen LogP contribution in [-0.2, 0) is 0 Å². The highest BCUT2D eigenvalue weighted by Gasteiger charge is 2.50. The maximum absolute atomic E-state index is 5.06. The largest absolute Gasteiger partial charge is 0.281 e. The number of nitrogens with zero attached hydrogens (tertiary/aromatic N) is 1. The van der Waals surface area contributed by atoms with Crippen molar-refractivity contribution in [1.29, 1.82) is 0 Å². The number of hydrogen-bond acceptors (Lipinski definition) is 1. The van der Waals surface area contributed by atoms with E-state index in [1.54, 1.807) is 5.57 Å². The highest BCUT2D eigenvalue weighted by molar-refractivity contribution is 5.96. The van der Waals surface area contributed by atoms with Crippen LogP contribution >= 0.6 is 0 Å². The van der Waals surface area contributed by atoms with Gasteiger partial charge in [0, 0.05) is 24.0 Å². The van der Waals surface area contributed by atoms with Gasteiger partial charge in [0.2, 0.25) is 0 Å². The normalized spacial score (nSPS) is 41.4. The Morgan fingerprint density at radius 1 is 1.29 bits per heavy atom. The Balaban J connectivity index is 1.88. The van der Waals surface area contributed by atoms with Gasteiger partial charge in [0.25, 0.3) is 0 Å². The Kier molecular flexibility index (Phi) is 1.76. The van der Waals surface area contributed by atoms with E-state index in [0.717, 1.165) is 6.42 Å². The summed E-state index contributed by atoms with van der Waals surface area (Å²) in [7, 11) is 0. The lowest BCUT2D eigenvalue weighted by molar-refractivity contribution is 0.415. The van der Waals surface area contributed by atoms with Crippen LogP contribution in [0.4, 0.5) is 0 Å². The second-order valence-electron chi connectivity index (χ2n) is 5.71. The average Bonchev–Trinajstić information content (AvgIpc) is 2.61. The SMILES string of the molecule is CC12N=C(CC3=C1C=CCC3)C1C=CC=CC12. The van der Waals surface area contributed by atoms with Crippen molar-refractivity contribution in [2.75, 3.05) is 0 Å². The number of dihydropyridines is 1. The van der Waals surface area contributed by atoms with Crippen LogP contribution < -0.4 is 0 Å². The lowest BCUT2D eigenvalue weighted by atomic mass is 9.73. The lowest BCUT2D eigenvalue weighted by Crippen LogP contribution is -2.34. The molecule has 2 aliphatic heterocycles. The predicted molar refractivity (Wildman–Crippen MR) is 71.1 cm³/mol. The van der Waals surface area contributed by atoms with E-state index in [0.29, 0.717) is 11.8 Å². The van der Waals surface area contributed by atoms with Crippen LogP contribution in [0.25, 0.3) is 0 Å². The average molecular weight is 223 g/mol. The summed E-state index contributed by atoms with van der Waals surface area (Å²) >= 11 is 0. The molecule has 0 aromatic carbocycles. The summed E-state index contributed by atoms with van der Waals surface area (Å²) < 4.78 is 0. The van der Waals surface area contributed by atoms with E-state index in [1.165, 1.54) is 24.1 Å². The van der Waals surface area contributed by atoms with Gasteiger partial charge < -0.3 is 0 Å². The molecule has 0 amide bonds. The van der Waals surface area contributed by atoms with Crippen molar-refractivity contribution in [2.24, 2.45) is 16.8 Å². The van der Waals surface area contributed by atoms with E-state index < -0.39 is 0 Å². The van der Waals surface area contributed by atoms with Crippen molar-refractivity contribution in [3.05, 3.63) is 47.6 Å². The molecule has 1 heteroatoms. The summed E-state index contributed by atoms with van der Waals surface area (Å²) in [5.41, 5.74) is 4.61. The van der Waals surface area contributed by atoms with Gasteiger partial charge in [-0.25, -0.2) is 0 Å². The van der Waals surface area contributed by atoms with Gasteiger partial charge in [0.05, 0.1) is 5.54 Å². The summed E-state index contributed by atoms with van der Waals surface area (Å²) in [6, 6.07) is 0. The van der Waals surface area contributed by atoms with Gasteiger partial charge in [-0.05, 0) is 25.3 Å². The molecule has 86 valence electrons. The minimum Gasteiger partial charge on any atom is -0.281 e. The molecule has 1 nitrogen and oxygen atoms in total. The fourth-order valence-electron chi connectivity index (χ4n) is 3.95. The number of allylic oxidation sites excluding steroid dienone is 5. The molecule has 2 heterocycles. The van der Waals surface area contributed by atoms with E-state index in [9.17, 15) is 0 Å².